The Morgan fingerprint density at radius 3 is 2.08 bits per heavy atom. The largest absolute Gasteiger partial charge is 0.368 e. The molecule has 2 rings (SSSR count). The Balaban J connectivity index is 2.19. The standard InChI is InChI=1S/C20H25ClN2O/c1-20(2,3)15-7-5-14(6-8-15)13-18(19(22)24)23(4)17-11-9-16(21)10-12-17/h5-12,18H,13H2,1-4H3,(H2,22,24). The van der Waals surface area contributed by atoms with E-state index in [1.54, 1.807) is 0 Å². The molecular weight excluding hydrogens is 320 g/mol. The lowest BCUT2D eigenvalue weighted by Gasteiger charge is -2.28. The van der Waals surface area contributed by atoms with Crippen molar-refractivity contribution in [2.45, 2.75) is 38.6 Å². The number of nitrogens with two attached hydrogens (primary N) is 1. The summed E-state index contributed by atoms with van der Waals surface area (Å²) in [6.45, 7) is 6.55. The first-order chi connectivity index (χ1) is 11.2. The maximum absolute atomic E-state index is 12.0. The zero-order valence-electron chi connectivity index (χ0n) is 14.7. The van der Waals surface area contributed by atoms with Crippen LogP contribution in [0.5, 0.6) is 0 Å². The van der Waals surface area contributed by atoms with Gasteiger partial charge in [0.05, 0.1) is 0 Å². The number of amides is 1. The lowest BCUT2D eigenvalue weighted by molar-refractivity contribution is -0.119. The van der Waals surface area contributed by atoms with Crippen molar-refractivity contribution < 1.29 is 4.79 Å². The SMILES string of the molecule is CN(c1ccc(Cl)cc1)C(Cc1ccc(C(C)(C)C)cc1)C(N)=O. The van der Waals surface area contributed by atoms with Crippen molar-refractivity contribution in [1.29, 1.82) is 0 Å². The van der Waals surface area contributed by atoms with Crippen molar-refractivity contribution in [3.8, 4) is 0 Å². The van der Waals surface area contributed by atoms with Gasteiger partial charge in [-0.2, -0.15) is 0 Å². The van der Waals surface area contributed by atoms with Gasteiger partial charge in [0.15, 0.2) is 0 Å². The Kier molecular flexibility index (Phi) is 5.55. The second kappa shape index (κ2) is 7.27. The predicted octanol–water partition coefficient (Wildman–Crippen LogP) is 4.17. The average molecular weight is 345 g/mol. The van der Waals surface area contributed by atoms with Crippen LogP contribution in [-0.4, -0.2) is 19.0 Å². The summed E-state index contributed by atoms with van der Waals surface area (Å²) in [4.78, 5) is 13.9. The molecule has 0 heterocycles. The highest BCUT2D eigenvalue weighted by atomic mass is 35.5. The average Bonchev–Trinajstić information content (AvgIpc) is 2.52. The van der Waals surface area contributed by atoms with Crippen LogP contribution in [0.4, 0.5) is 5.69 Å². The van der Waals surface area contributed by atoms with Crippen LogP contribution in [0.3, 0.4) is 0 Å². The van der Waals surface area contributed by atoms with Gasteiger partial charge in [-0.05, 0) is 40.8 Å². The smallest absolute Gasteiger partial charge is 0.240 e. The normalized spacial score (nSPS) is 12.7. The van der Waals surface area contributed by atoms with E-state index in [0.717, 1.165) is 11.3 Å². The van der Waals surface area contributed by atoms with Crippen LogP contribution in [0.15, 0.2) is 48.5 Å². The third-order valence-corrected chi connectivity index (χ3v) is 4.53. The molecule has 2 aromatic rings. The third kappa shape index (κ3) is 4.51. The van der Waals surface area contributed by atoms with Gasteiger partial charge in [-0.3, -0.25) is 4.79 Å². The number of halogens is 1. The highest BCUT2D eigenvalue weighted by Gasteiger charge is 2.22. The van der Waals surface area contributed by atoms with Gasteiger partial charge in [0.25, 0.3) is 0 Å². The fourth-order valence-electron chi connectivity index (χ4n) is 2.65. The predicted molar refractivity (Wildman–Crippen MR) is 102 cm³/mol. The lowest BCUT2D eigenvalue weighted by atomic mass is 9.86. The number of benzene rings is 2. The van der Waals surface area contributed by atoms with Gasteiger partial charge in [0, 0.05) is 24.2 Å². The molecule has 0 aliphatic carbocycles. The van der Waals surface area contributed by atoms with E-state index < -0.39 is 6.04 Å². The minimum absolute atomic E-state index is 0.113. The van der Waals surface area contributed by atoms with E-state index in [1.165, 1.54) is 5.56 Å². The van der Waals surface area contributed by atoms with Gasteiger partial charge in [0.1, 0.15) is 6.04 Å². The van der Waals surface area contributed by atoms with E-state index in [1.807, 2.05) is 36.2 Å². The maximum atomic E-state index is 12.0. The number of carbonyl (C=O) groups excluding carboxylic acids is 1. The van der Waals surface area contributed by atoms with Gasteiger partial charge in [0.2, 0.25) is 5.91 Å². The van der Waals surface area contributed by atoms with Crippen LogP contribution in [0.1, 0.15) is 31.9 Å². The van der Waals surface area contributed by atoms with E-state index in [2.05, 4.69) is 45.0 Å². The molecule has 1 atom stereocenters. The molecule has 128 valence electrons. The monoisotopic (exact) mass is 344 g/mol. The topological polar surface area (TPSA) is 46.3 Å². The zero-order valence-corrected chi connectivity index (χ0v) is 15.5. The quantitative estimate of drug-likeness (QED) is 0.884. The first-order valence-corrected chi connectivity index (χ1v) is 8.43. The molecule has 4 heteroatoms. The van der Waals surface area contributed by atoms with Gasteiger partial charge >= 0.3 is 0 Å². The molecule has 0 saturated heterocycles. The van der Waals surface area contributed by atoms with Crippen LogP contribution in [0.2, 0.25) is 5.02 Å². The summed E-state index contributed by atoms with van der Waals surface area (Å²) in [5.41, 5.74) is 9.03. The number of carbonyl (C=O) groups is 1. The molecular formula is C20H25ClN2O. The molecule has 0 aromatic heterocycles. The number of anilines is 1. The Hall–Kier alpha value is -2.00. The molecule has 1 amide bonds. The summed E-state index contributed by atoms with van der Waals surface area (Å²) < 4.78 is 0. The molecule has 0 spiro atoms. The van der Waals surface area contributed by atoms with E-state index >= 15 is 0 Å². The van der Waals surface area contributed by atoms with Crippen molar-refractivity contribution in [3.63, 3.8) is 0 Å². The number of primary amides is 1. The van der Waals surface area contributed by atoms with E-state index in [9.17, 15) is 4.79 Å². The van der Waals surface area contributed by atoms with E-state index in [4.69, 9.17) is 17.3 Å². The lowest BCUT2D eigenvalue weighted by Crippen LogP contribution is -2.44. The van der Waals surface area contributed by atoms with Gasteiger partial charge < -0.3 is 10.6 Å². The zero-order chi connectivity index (χ0) is 17.9. The van der Waals surface area contributed by atoms with Crippen molar-refractivity contribution in [2.24, 2.45) is 5.73 Å². The molecule has 24 heavy (non-hydrogen) atoms. The second-order valence-electron chi connectivity index (χ2n) is 7.16. The molecule has 0 aliphatic rings. The molecule has 1 unspecified atom stereocenters. The first-order valence-electron chi connectivity index (χ1n) is 8.05. The summed E-state index contributed by atoms with van der Waals surface area (Å²) in [7, 11) is 1.88. The molecule has 2 aromatic carbocycles. The fourth-order valence-corrected chi connectivity index (χ4v) is 2.77. The van der Waals surface area contributed by atoms with Crippen molar-refractivity contribution >= 4 is 23.2 Å². The molecule has 0 bridgehead atoms. The second-order valence-corrected chi connectivity index (χ2v) is 7.59. The number of likely N-dealkylation sites (N-methyl/N-ethyl adjacent to an activating group) is 1. The highest BCUT2D eigenvalue weighted by Crippen LogP contribution is 2.24. The van der Waals surface area contributed by atoms with Gasteiger partial charge in [-0.25, -0.2) is 0 Å². The van der Waals surface area contributed by atoms with Crippen LogP contribution < -0.4 is 10.6 Å². The van der Waals surface area contributed by atoms with Crippen LogP contribution >= 0.6 is 11.6 Å². The first kappa shape index (κ1) is 18.3. The third-order valence-electron chi connectivity index (χ3n) is 4.28. The number of rotatable bonds is 5. The van der Waals surface area contributed by atoms with Crippen LogP contribution in [-0.2, 0) is 16.6 Å². The van der Waals surface area contributed by atoms with E-state index in [0.29, 0.717) is 11.4 Å². The van der Waals surface area contributed by atoms with Crippen molar-refractivity contribution in [3.05, 3.63) is 64.7 Å². The van der Waals surface area contributed by atoms with Crippen LogP contribution in [0.25, 0.3) is 0 Å². The molecule has 2 N–H and O–H groups in total. The minimum atomic E-state index is -0.410. The van der Waals surface area contributed by atoms with Gasteiger partial charge in [-0.1, -0.05) is 56.6 Å². The Morgan fingerprint density at radius 1 is 1.08 bits per heavy atom. The Labute approximate surface area is 149 Å². The summed E-state index contributed by atoms with van der Waals surface area (Å²) in [6.07, 6.45) is 0.568. The summed E-state index contributed by atoms with van der Waals surface area (Å²) in [5, 5.41) is 0.667. The molecule has 0 saturated carbocycles. The molecule has 0 aliphatic heterocycles. The summed E-state index contributed by atoms with van der Waals surface area (Å²) in [5.74, 6) is -0.340. The number of hydrogen-bond acceptors (Lipinski definition) is 2. The highest BCUT2D eigenvalue weighted by molar-refractivity contribution is 6.30. The fraction of sp³-hybridized carbons (Fsp3) is 0.350. The number of hydrogen-bond donors (Lipinski definition) is 1. The minimum Gasteiger partial charge on any atom is -0.368 e. The van der Waals surface area contributed by atoms with Gasteiger partial charge in [-0.15, -0.1) is 0 Å². The van der Waals surface area contributed by atoms with Crippen molar-refractivity contribution in [2.75, 3.05) is 11.9 Å². The van der Waals surface area contributed by atoms with Crippen molar-refractivity contribution in [1.82, 2.24) is 0 Å². The summed E-state index contributed by atoms with van der Waals surface area (Å²) in [6, 6.07) is 15.4. The van der Waals surface area contributed by atoms with Crippen LogP contribution in [0, 0.1) is 0 Å². The number of nitrogens with zero attached hydrogens (tertiary/aromatic N) is 1. The van der Waals surface area contributed by atoms with E-state index in [-0.39, 0.29) is 11.3 Å². The Morgan fingerprint density at radius 2 is 1.62 bits per heavy atom. The maximum Gasteiger partial charge on any atom is 0.240 e. The molecule has 3 nitrogen and oxygen atoms in total. The molecule has 0 fully saturated rings. The Bertz CT molecular complexity index is 687. The summed E-state index contributed by atoms with van der Waals surface area (Å²) >= 11 is 5.93. The molecule has 0 radical (unpaired) electrons.